The van der Waals surface area contributed by atoms with Crippen molar-refractivity contribution in [2.24, 2.45) is 0 Å². The molecule has 0 aliphatic heterocycles. The molecule has 8 heteroatoms. The van der Waals surface area contributed by atoms with Crippen LogP contribution in [0.4, 0.5) is 17.6 Å². The number of aliphatic hydroxyl groups excluding tert-OH is 1. The van der Waals surface area contributed by atoms with Gasteiger partial charge in [-0.1, -0.05) is 0 Å². The van der Waals surface area contributed by atoms with Crippen LogP contribution in [0.15, 0.2) is 24.3 Å². The van der Waals surface area contributed by atoms with Crippen molar-refractivity contribution in [3.63, 3.8) is 0 Å². The zero-order chi connectivity index (χ0) is 16.2. The summed E-state index contributed by atoms with van der Waals surface area (Å²) < 4.78 is 51.5. The van der Waals surface area contributed by atoms with E-state index in [1.165, 1.54) is 24.3 Å². The van der Waals surface area contributed by atoms with Gasteiger partial charge in [0.2, 0.25) is 0 Å². The molecule has 0 aliphatic carbocycles. The lowest BCUT2D eigenvalue weighted by Crippen LogP contribution is -2.15. The third-order valence-corrected chi connectivity index (χ3v) is 3.95. The van der Waals surface area contributed by atoms with Crippen LogP contribution in [0.1, 0.15) is 16.3 Å². The van der Waals surface area contributed by atoms with Crippen molar-refractivity contribution in [2.45, 2.75) is 19.1 Å². The normalized spacial score (nSPS) is 11.9. The molecule has 0 atom stereocenters. The maximum absolute atomic E-state index is 13.0. The number of benzene rings is 1. The summed E-state index contributed by atoms with van der Waals surface area (Å²) in [6.07, 6.45) is -4.00. The molecule has 0 fully saturated rings. The second kappa shape index (κ2) is 7.17. The molecule has 0 bridgehead atoms. The van der Waals surface area contributed by atoms with Gasteiger partial charge in [0.05, 0.1) is 5.69 Å². The summed E-state index contributed by atoms with van der Waals surface area (Å²) in [7, 11) is 0. The van der Waals surface area contributed by atoms with Crippen molar-refractivity contribution in [1.82, 2.24) is 10.3 Å². The predicted molar refractivity (Wildman–Crippen MR) is 75.9 cm³/mol. The fourth-order valence-corrected chi connectivity index (χ4v) is 2.75. The predicted octanol–water partition coefficient (Wildman–Crippen LogP) is 3.44. The van der Waals surface area contributed by atoms with Crippen molar-refractivity contribution < 1.29 is 22.7 Å². The Morgan fingerprint density at radius 3 is 2.45 bits per heavy atom. The number of aliphatic hydroxyl groups is 1. The Balaban J connectivity index is 2.29. The quantitative estimate of drug-likeness (QED) is 0.628. The monoisotopic (exact) mass is 334 g/mol. The molecule has 1 aromatic heterocycles. The van der Waals surface area contributed by atoms with Gasteiger partial charge in [-0.3, -0.25) is 0 Å². The molecule has 2 aromatic rings. The van der Waals surface area contributed by atoms with E-state index in [-0.39, 0.29) is 18.8 Å². The summed E-state index contributed by atoms with van der Waals surface area (Å²) in [5.74, 6) is -0.461. The standard InChI is InChI=1S/C14H14F4N2OS/c15-10-4-2-9(3-5-10)12-11(8-19-6-1-7-21)22-13(20-12)14(16,17)18/h2-5,19,21H,1,6-8H2. The van der Waals surface area contributed by atoms with E-state index in [9.17, 15) is 17.6 Å². The molecule has 1 heterocycles. The zero-order valence-electron chi connectivity index (χ0n) is 11.5. The molecule has 0 radical (unpaired) electrons. The topological polar surface area (TPSA) is 45.1 Å². The van der Waals surface area contributed by atoms with Gasteiger partial charge < -0.3 is 10.4 Å². The lowest BCUT2D eigenvalue weighted by molar-refractivity contribution is -0.137. The van der Waals surface area contributed by atoms with Gasteiger partial charge in [0.25, 0.3) is 0 Å². The molecule has 0 aliphatic rings. The SMILES string of the molecule is OCCCNCc1sc(C(F)(F)F)nc1-c1ccc(F)cc1. The first kappa shape index (κ1) is 16.9. The number of hydrogen-bond acceptors (Lipinski definition) is 4. The maximum Gasteiger partial charge on any atom is 0.443 e. The van der Waals surface area contributed by atoms with Gasteiger partial charge in [-0.25, -0.2) is 9.37 Å². The van der Waals surface area contributed by atoms with Crippen LogP contribution >= 0.6 is 11.3 Å². The van der Waals surface area contributed by atoms with Gasteiger partial charge in [-0.2, -0.15) is 13.2 Å². The molecule has 0 spiro atoms. The number of alkyl halides is 3. The molecule has 0 saturated carbocycles. The van der Waals surface area contributed by atoms with Crippen molar-refractivity contribution >= 4 is 11.3 Å². The minimum Gasteiger partial charge on any atom is -0.396 e. The number of nitrogens with one attached hydrogen (secondary N) is 1. The number of nitrogens with zero attached hydrogens (tertiary/aromatic N) is 1. The first-order chi connectivity index (χ1) is 10.4. The summed E-state index contributed by atoms with van der Waals surface area (Å²) >= 11 is 0.569. The van der Waals surface area contributed by atoms with Gasteiger partial charge in [-0.15, -0.1) is 11.3 Å². The summed E-state index contributed by atoms with van der Waals surface area (Å²) in [5.41, 5.74) is 0.640. The molecule has 2 rings (SSSR count). The molecule has 22 heavy (non-hydrogen) atoms. The number of rotatable bonds is 6. The number of hydrogen-bond donors (Lipinski definition) is 2. The first-order valence-corrected chi connectivity index (χ1v) is 7.38. The third kappa shape index (κ3) is 4.25. The van der Waals surface area contributed by atoms with E-state index < -0.39 is 17.0 Å². The van der Waals surface area contributed by atoms with Crippen LogP contribution < -0.4 is 5.32 Å². The van der Waals surface area contributed by atoms with Crippen molar-refractivity contribution in [2.75, 3.05) is 13.2 Å². The number of thiazole rings is 1. The highest BCUT2D eigenvalue weighted by molar-refractivity contribution is 7.12. The molecular formula is C14H14F4N2OS. The van der Waals surface area contributed by atoms with Gasteiger partial charge in [0, 0.05) is 23.6 Å². The highest BCUT2D eigenvalue weighted by atomic mass is 32.1. The Morgan fingerprint density at radius 1 is 1.18 bits per heavy atom. The first-order valence-electron chi connectivity index (χ1n) is 6.56. The Morgan fingerprint density at radius 2 is 1.86 bits per heavy atom. The summed E-state index contributed by atoms with van der Waals surface area (Å²) in [6.45, 7) is 0.702. The van der Waals surface area contributed by atoms with Crippen LogP contribution in [0.2, 0.25) is 0 Å². The van der Waals surface area contributed by atoms with E-state index in [0.717, 1.165) is 0 Å². The molecule has 0 amide bonds. The number of halogens is 4. The smallest absolute Gasteiger partial charge is 0.396 e. The molecule has 3 nitrogen and oxygen atoms in total. The van der Waals surface area contributed by atoms with Crippen molar-refractivity contribution in [3.05, 3.63) is 40.0 Å². The average Bonchev–Trinajstić information content (AvgIpc) is 2.89. The molecule has 0 saturated heterocycles. The van der Waals surface area contributed by atoms with Crippen LogP contribution in [0.3, 0.4) is 0 Å². The van der Waals surface area contributed by atoms with Gasteiger partial charge >= 0.3 is 6.18 Å². The van der Waals surface area contributed by atoms with Crippen molar-refractivity contribution in [1.29, 1.82) is 0 Å². The molecular weight excluding hydrogens is 320 g/mol. The van der Waals surface area contributed by atoms with Gasteiger partial charge in [0.15, 0.2) is 5.01 Å². The van der Waals surface area contributed by atoms with Crippen LogP contribution in [0.25, 0.3) is 11.3 Å². The minimum absolute atomic E-state index is 0.00824. The second-order valence-electron chi connectivity index (χ2n) is 4.55. The average molecular weight is 334 g/mol. The lowest BCUT2D eigenvalue weighted by atomic mass is 10.1. The molecule has 0 unspecified atom stereocenters. The van der Waals surface area contributed by atoms with Crippen LogP contribution in [-0.2, 0) is 12.7 Å². The lowest BCUT2D eigenvalue weighted by Gasteiger charge is -2.04. The maximum atomic E-state index is 13.0. The highest BCUT2D eigenvalue weighted by Crippen LogP contribution is 2.37. The molecule has 120 valence electrons. The molecule has 1 aromatic carbocycles. The Labute approximate surface area is 128 Å². The summed E-state index contributed by atoms with van der Waals surface area (Å²) in [6, 6.07) is 5.18. The fourth-order valence-electron chi connectivity index (χ4n) is 1.83. The van der Waals surface area contributed by atoms with Crippen LogP contribution in [0, 0.1) is 5.82 Å². The summed E-state index contributed by atoms with van der Waals surface area (Å²) in [5, 5.41) is 10.7. The van der Waals surface area contributed by atoms with E-state index in [4.69, 9.17) is 5.11 Å². The van der Waals surface area contributed by atoms with E-state index in [1.54, 1.807) is 0 Å². The van der Waals surface area contributed by atoms with Gasteiger partial charge in [0.1, 0.15) is 5.82 Å². The largest absolute Gasteiger partial charge is 0.443 e. The van der Waals surface area contributed by atoms with E-state index >= 15 is 0 Å². The van der Waals surface area contributed by atoms with E-state index in [1.807, 2.05) is 0 Å². The Hall–Kier alpha value is -1.51. The third-order valence-electron chi connectivity index (χ3n) is 2.85. The van der Waals surface area contributed by atoms with Crippen LogP contribution in [0.5, 0.6) is 0 Å². The highest BCUT2D eigenvalue weighted by Gasteiger charge is 2.36. The zero-order valence-corrected chi connectivity index (χ0v) is 12.3. The molecule has 2 N–H and O–H groups in total. The minimum atomic E-state index is -4.51. The van der Waals surface area contributed by atoms with E-state index in [2.05, 4.69) is 10.3 Å². The van der Waals surface area contributed by atoms with E-state index in [0.29, 0.717) is 34.7 Å². The summed E-state index contributed by atoms with van der Waals surface area (Å²) in [4.78, 5) is 4.09. The number of aromatic nitrogens is 1. The van der Waals surface area contributed by atoms with Crippen molar-refractivity contribution in [3.8, 4) is 11.3 Å². The Bertz CT molecular complexity index is 610. The van der Waals surface area contributed by atoms with Crippen LogP contribution in [-0.4, -0.2) is 23.2 Å². The Kier molecular flexibility index (Phi) is 5.49. The fraction of sp³-hybridized carbons (Fsp3) is 0.357. The second-order valence-corrected chi connectivity index (χ2v) is 5.63. The van der Waals surface area contributed by atoms with Gasteiger partial charge in [-0.05, 0) is 37.2 Å².